The van der Waals surface area contributed by atoms with Crippen molar-refractivity contribution in [1.82, 2.24) is 24.5 Å². The van der Waals surface area contributed by atoms with Gasteiger partial charge in [0.05, 0.1) is 11.0 Å². The van der Waals surface area contributed by atoms with E-state index in [-0.39, 0.29) is 5.91 Å². The molecule has 32 heavy (non-hydrogen) atoms. The predicted octanol–water partition coefficient (Wildman–Crippen LogP) is 4.62. The minimum absolute atomic E-state index is 0.296. The normalized spacial score (nSPS) is 11.0. The highest BCUT2D eigenvalue weighted by molar-refractivity contribution is 6.04. The number of nitrogens with one attached hydrogen (secondary N) is 2. The van der Waals surface area contributed by atoms with E-state index >= 15 is 0 Å². The molecule has 0 aliphatic heterocycles. The van der Waals surface area contributed by atoms with Gasteiger partial charge < -0.3 is 9.55 Å². The SMILES string of the molecule is Cc1[nH]c(-c2ccccc2)nc1C(=O)Nc1nc2ccccc2n1CCc1ccccn1. The number of carbonyl (C=O) groups excluding carboxylic acids is 1. The number of imidazole rings is 2. The van der Waals surface area contributed by atoms with Crippen molar-refractivity contribution in [3.05, 3.63) is 96.1 Å². The summed E-state index contributed by atoms with van der Waals surface area (Å²) >= 11 is 0. The Bertz CT molecular complexity index is 1370. The Morgan fingerprint density at radius 2 is 1.75 bits per heavy atom. The molecule has 3 aromatic heterocycles. The fourth-order valence-corrected chi connectivity index (χ4v) is 3.74. The van der Waals surface area contributed by atoms with Crippen LogP contribution in [0.5, 0.6) is 0 Å². The molecule has 0 saturated heterocycles. The zero-order chi connectivity index (χ0) is 21.9. The number of para-hydroxylation sites is 2. The fourth-order valence-electron chi connectivity index (χ4n) is 3.74. The lowest BCUT2D eigenvalue weighted by atomic mass is 10.2. The summed E-state index contributed by atoms with van der Waals surface area (Å²) in [6.07, 6.45) is 2.51. The van der Waals surface area contributed by atoms with E-state index < -0.39 is 0 Å². The molecule has 1 amide bonds. The first-order valence-corrected chi connectivity index (χ1v) is 10.5. The molecule has 7 nitrogen and oxygen atoms in total. The van der Waals surface area contributed by atoms with E-state index in [0.717, 1.165) is 28.7 Å². The number of hydrogen-bond donors (Lipinski definition) is 2. The number of anilines is 1. The van der Waals surface area contributed by atoms with Gasteiger partial charge in [0.2, 0.25) is 5.95 Å². The number of pyridine rings is 1. The third-order valence-corrected chi connectivity index (χ3v) is 5.34. The lowest BCUT2D eigenvalue weighted by molar-refractivity contribution is 0.102. The predicted molar refractivity (Wildman–Crippen MR) is 124 cm³/mol. The first-order chi connectivity index (χ1) is 15.7. The van der Waals surface area contributed by atoms with Crippen molar-refractivity contribution in [3.8, 4) is 11.4 Å². The number of carbonyl (C=O) groups is 1. The monoisotopic (exact) mass is 422 g/mol. The van der Waals surface area contributed by atoms with Crippen LogP contribution in [-0.2, 0) is 13.0 Å². The topological polar surface area (TPSA) is 88.5 Å². The molecule has 0 fully saturated rings. The van der Waals surface area contributed by atoms with Crippen LogP contribution in [0.4, 0.5) is 5.95 Å². The molecule has 5 aromatic rings. The van der Waals surface area contributed by atoms with Gasteiger partial charge in [-0.15, -0.1) is 0 Å². The summed E-state index contributed by atoms with van der Waals surface area (Å²) in [6.45, 7) is 2.49. The van der Waals surface area contributed by atoms with E-state index in [1.54, 1.807) is 6.20 Å². The lowest BCUT2D eigenvalue weighted by Gasteiger charge is -2.09. The Balaban J connectivity index is 1.44. The molecule has 0 aliphatic carbocycles. The number of amides is 1. The Kier molecular flexibility index (Phi) is 5.21. The number of rotatable bonds is 6. The van der Waals surface area contributed by atoms with Gasteiger partial charge in [-0.2, -0.15) is 0 Å². The maximum Gasteiger partial charge on any atom is 0.278 e. The minimum atomic E-state index is -0.296. The summed E-state index contributed by atoms with van der Waals surface area (Å²) in [5.41, 5.74) is 4.76. The van der Waals surface area contributed by atoms with E-state index in [1.807, 2.05) is 84.3 Å². The number of hydrogen-bond acceptors (Lipinski definition) is 4. The molecular formula is C25H22N6O. The van der Waals surface area contributed by atoms with Crippen LogP contribution >= 0.6 is 0 Å². The molecule has 0 saturated carbocycles. The molecule has 0 spiro atoms. The number of aromatic nitrogens is 5. The molecule has 0 radical (unpaired) electrons. The number of aryl methyl sites for hydroxylation is 3. The van der Waals surface area contributed by atoms with Crippen molar-refractivity contribution in [2.45, 2.75) is 19.9 Å². The summed E-state index contributed by atoms with van der Waals surface area (Å²) in [5, 5.41) is 2.97. The van der Waals surface area contributed by atoms with Crippen molar-refractivity contribution >= 4 is 22.9 Å². The number of benzene rings is 2. The number of fused-ring (bicyclic) bond motifs is 1. The Labute approximate surface area is 185 Å². The lowest BCUT2D eigenvalue weighted by Crippen LogP contribution is -2.18. The highest BCUT2D eigenvalue weighted by Crippen LogP contribution is 2.22. The van der Waals surface area contributed by atoms with Crippen LogP contribution in [-0.4, -0.2) is 30.4 Å². The van der Waals surface area contributed by atoms with Crippen LogP contribution in [0.15, 0.2) is 79.0 Å². The number of H-pyrrole nitrogens is 1. The molecular weight excluding hydrogens is 400 g/mol. The van der Waals surface area contributed by atoms with Crippen LogP contribution in [0.2, 0.25) is 0 Å². The minimum Gasteiger partial charge on any atom is -0.341 e. The highest BCUT2D eigenvalue weighted by Gasteiger charge is 2.19. The molecule has 7 heteroatoms. The van der Waals surface area contributed by atoms with E-state index in [4.69, 9.17) is 0 Å². The Morgan fingerprint density at radius 3 is 2.56 bits per heavy atom. The van der Waals surface area contributed by atoms with Crippen LogP contribution in [0, 0.1) is 6.92 Å². The molecule has 0 atom stereocenters. The molecule has 0 unspecified atom stereocenters. The van der Waals surface area contributed by atoms with E-state index in [1.165, 1.54) is 0 Å². The van der Waals surface area contributed by atoms with Crippen molar-refractivity contribution < 1.29 is 4.79 Å². The van der Waals surface area contributed by atoms with Crippen LogP contribution < -0.4 is 5.32 Å². The summed E-state index contributed by atoms with van der Waals surface area (Å²) in [6, 6.07) is 23.5. The maximum atomic E-state index is 13.1. The molecule has 3 heterocycles. The maximum absolute atomic E-state index is 13.1. The van der Waals surface area contributed by atoms with Gasteiger partial charge in [0, 0.05) is 36.1 Å². The van der Waals surface area contributed by atoms with Crippen molar-refractivity contribution in [1.29, 1.82) is 0 Å². The van der Waals surface area contributed by atoms with E-state index in [9.17, 15) is 4.79 Å². The first kappa shape index (κ1) is 19.7. The highest BCUT2D eigenvalue weighted by atomic mass is 16.2. The average Bonchev–Trinajstić information content (AvgIpc) is 3.39. The third kappa shape index (κ3) is 3.88. The number of nitrogens with zero attached hydrogens (tertiary/aromatic N) is 4. The third-order valence-electron chi connectivity index (χ3n) is 5.34. The van der Waals surface area contributed by atoms with E-state index in [0.29, 0.717) is 29.7 Å². The zero-order valence-electron chi connectivity index (χ0n) is 17.6. The van der Waals surface area contributed by atoms with Gasteiger partial charge in [0.25, 0.3) is 5.91 Å². The van der Waals surface area contributed by atoms with Gasteiger partial charge in [0.15, 0.2) is 0 Å². The van der Waals surface area contributed by atoms with Gasteiger partial charge in [-0.1, -0.05) is 48.5 Å². The summed E-state index contributed by atoms with van der Waals surface area (Å²) in [5.74, 6) is 0.864. The van der Waals surface area contributed by atoms with E-state index in [2.05, 4.69) is 25.3 Å². The zero-order valence-corrected chi connectivity index (χ0v) is 17.6. The second-order valence-electron chi connectivity index (χ2n) is 7.53. The quantitative estimate of drug-likeness (QED) is 0.418. The van der Waals surface area contributed by atoms with Crippen LogP contribution in [0.1, 0.15) is 21.9 Å². The standard InChI is InChI=1S/C25H22N6O/c1-17-22(29-23(27-17)18-9-3-2-4-10-18)24(32)30-25-28-20-12-5-6-13-21(20)31(25)16-14-19-11-7-8-15-26-19/h2-13,15H,14,16H2,1H3,(H,27,29)(H,28,30,32). The van der Waals surface area contributed by atoms with Gasteiger partial charge in [-0.3, -0.25) is 15.1 Å². The summed E-state index contributed by atoms with van der Waals surface area (Å²) in [7, 11) is 0. The molecule has 2 aromatic carbocycles. The largest absolute Gasteiger partial charge is 0.341 e. The number of aromatic amines is 1. The molecule has 5 rings (SSSR count). The summed E-state index contributed by atoms with van der Waals surface area (Å²) in [4.78, 5) is 29.9. The van der Waals surface area contributed by atoms with Crippen molar-refractivity contribution in [3.63, 3.8) is 0 Å². The van der Waals surface area contributed by atoms with Crippen molar-refractivity contribution in [2.24, 2.45) is 0 Å². The smallest absolute Gasteiger partial charge is 0.278 e. The van der Waals surface area contributed by atoms with Gasteiger partial charge in [-0.25, -0.2) is 9.97 Å². The molecule has 158 valence electrons. The van der Waals surface area contributed by atoms with Gasteiger partial charge >= 0.3 is 0 Å². The van der Waals surface area contributed by atoms with Crippen molar-refractivity contribution in [2.75, 3.05) is 5.32 Å². The fraction of sp³-hybridized carbons (Fsp3) is 0.120. The first-order valence-electron chi connectivity index (χ1n) is 10.5. The van der Waals surface area contributed by atoms with Crippen LogP contribution in [0.25, 0.3) is 22.4 Å². The molecule has 2 N–H and O–H groups in total. The van der Waals surface area contributed by atoms with Crippen LogP contribution in [0.3, 0.4) is 0 Å². The second-order valence-corrected chi connectivity index (χ2v) is 7.53. The van der Waals surface area contributed by atoms with Gasteiger partial charge in [-0.05, 0) is 31.2 Å². The Hall–Kier alpha value is -4.26. The Morgan fingerprint density at radius 1 is 0.969 bits per heavy atom. The molecule has 0 aliphatic rings. The molecule has 0 bridgehead atoms. The average molecular weight is 422 g/mol. The summed E-state index contributed by atoms with van der Waals surface area (Å²) < 4.78 is 2.02. The second kappa shape index (κ2) is 8.47. The van der Waals surface area contributed by atoms with Gasteiger partial charge in [0.1, 0.15) is 11.5 Å².